The largest absolute Gasteiger partial charge is 0.309 e. The third-order valence-electron chi connectivity index (χ3n) is 14.0. The molecular formula is C62H45N. The molecule has 1 heteroatoms. The molecule has 1 nitrogen and oxygen atoms in total. The van der Waals surface area contributed by atoms with Gasteiger partial charge in [0, 0.05) is 22.2 Å². The molecule has 0 unspecified atom stereocenters. The molecule has 2 aliphatic carbocycles. The predicted molar refractivity (Wildman–Crippen MR) is 264 cm³/mol. The maximum atomic E-state index is 2.58. The van der Waals surface area contributed by atoms with Gasteiger partial charge in [-0.05, 0) is 102 Å². The lowest BCUT2D eigenvalue weighted by atomic mass is 9.67. The molecule has 0 spiro atoms. The molecule has 0 aliphatic heterocycles. The minimum atomic E-state index is -0.545. The van der Waals surface area contributed by atoms with Crippen molar-refractivity contribution in [1.82, 2.24) is 0 Å². The summed E-state index contributed by atoms with van der Waals surface area (Å²) in [6.45, 7) is 4.76. The molecule has 12 rings (SSSR count). The number of benzene rings is 10. The van der Waals surface area contributed by atoms with Gasteiger partial charge in [0.05, 0.1) is 16.8 Å². The Bertz CT molecular complexity index is 3320. The Labute approximate surface area is 370 Å². The van der Waals surface area contributed by atoms with Crippen LogP contribution in [0.25, 0.3) is 55.3 Å². The van der Waals surface area contributed by atoms with Gasteiger partial charge in [-0.15, -0.1) is 0 Å². The summed E-state index contributed by atoms with van der Waals surface area (Å²) in [5.41, 5.74) is 20.4. The average Bonchev–Trinajstić information content (AvgIpc) is 3.78. The van der Waals surface area contributed by atoms with E-state index in [4.69, 9.17) is 0 Å². The molecule has 0 N–H and O–H groups in total. The van der Waals surface area contributed by atoms with Crippen molar-refractivity contribution < 1.29 is 0 Å². The maximum absolute atomic E-state index is 2.58. The fourth-order valence-corrected chi connectivity index (χ4v) is 11.2. The first kappa shape index (κ1) is 37.1. The van der Waals surface area contributed by atoms with Crippen LogP contribution in [0.2, 0.25) is 0 Å². The van der Waals surface area contributed by atoms with Crippen LogP contribution in [0.4, 0.5) is 17.1 Å². The Hall–Kier alpha value is -7.74. The van der Waals surface area contributed by atoms with Gasteiger partial charge < -0.3 is 4.90 Å². The van der Waals surface area contributed by atoms with Crippen LogP contribution in [0.1, 0.15) is 47.2 Å². The van der Waals surface area contributed by atoms with Gasteiger partial charge in [-0.25, -0.2) is 0 Å². The zero-order chi connectivity index (χ0) is 42.1. The van der Waals surface area contributed by atoms with Gasteiger partial charge in [0.2, 0.25) is 0 Å². The molecule has 0 fully saturated rings. The standard InChI is InChI=1S/C62H45N/c1-61(2)53-34-16-15-31-52(53)60-55(61)36-20-38-58(60)63(57-37-19-33-51(59(57)43-22-6-3-7-23-43)48-32-18-24-42-21-12-13-29-47(42)48)46-39-40-50-49-30-14-17-35-54(49)62(56(50)41-46,44-25-8-4-9-26-44)45-27-10-5-11-28-45/h3-41H,1-2H3. The molecule has 10 aromatic carbocycles. The molecule has 0 amide bonds. The summed E-state index contributed by atoms with van der Waals surface area (Å²) in [6, 6.07) is 88.0. The second kappa shape index (κ2) is 14.4. The number of hydrogen-bond donors (Lipinski definition) is 0. The molecule has 2 aliphatic rings. The average molecular weight is 804 g/mol. The van der Waals surface area contributed by atoms with Crippen molar-refractivity contribution in [2.24, 2.45) is 0 Å². The van der Waals surface area contributed by atoms with Gasteiger partial charge in [-0.1, -0.05) is 226 Å². The second-order valence-electron chi connectivity index (χ2n) is 17.6. The van der Waals surface area contributed by atoms with Gasteiger partial charge in [-0.2, -0.15) is 0 Å². The zero-order valence-electron chi connectivity index (χ0n) is 35.5. The predicted octanol–water partition coefficient (Wildman–Crippen LogP) is 16.3. The number of rotatable bonds is 7. The lowest BCUT2D eigenvalue weighted by Crippen LogP contribution is -2.28. The molecule has 0 heterocycles. The summed E-state index contributed by atoms with van der Waals surface area (Å²) in [7, 11) is 0. The van der Waals surface area contributed by atoms with Gasteiger partial charge >= 0.3 is 0 Å². The Balaban J connectivity index is 1.21. The highest BCUT2D eigenvalue weighted by molar-refractivity contribution is 6.06. The van der Waals surface area contributed by atoms with Crippen LogP contribution in [0.15, 0.2) is 237 Å². The van der Waals surface area contributed by atoms with E-state index in [1.54, 1.807) is 0 Å². The highest BCUT2D eigenvalue weighted by Gasteiger charge is 2.46. The molecular weight excluding hydrogens is 759 g/mol. The first-order valence-corrected chi connectivity index (χ1v) is 22.1. The van der Waals surface area contributed by atoms with E-state index in [2.05, 4.69) is 255 Å². The van der Waals surface area contributed by atoms with Crippen LogP contribution in [0.3, 0.4) is 0 Å². The quantitative estimate of drug-likeness (QED) is 0.155. The Morgan fingerprint density at radius 1 is 0.333 bits per heavy atom. The monoisotopic (exact) mass is 803 g/mol. The Morgan fingerprint density at radius 2 is 0.841 bits per heavy atom. The molecule has 0 bridgehead atoms. The fourth-order valence-electron chi connectivity index (χ4n) is 11.2. The van der Waals surface area contributed by atoms with E-state index in [1.165, 1.54) is 94.3 Å². The molecule has 0 saturated carbocycles. The van der Waals surface area contributed by atoms with Gasteiger partial charge in [-0.3, -0.25) is 0 Å². The van der Waals surface area contributed by atoms with Crippen LogP contribution in [-0.4, -0.2) is 0 Å². The second-order valence-corrected chi connectivity index (χ2v) is 17.6. The first-order chi connectivity index (χ1) is 31.0. The van der Waals surface area contributed by atoms with Crippen LogP contribution in [0, 0.1) is 0 Å². The number of anilines is 3. The molecule has 0 atom stereocenters. The lowest BCUT2D eigenvalue weighted by molar-refractivity contribution is 0.660. The summed E-state index contributed by atoms with van der Waals surface area (Å²) in [5, 5.41) is 2.47. The Morgan fingerprint density at radius 3 is 1.59 bits per heavy atom. The van der Waals surface area contributed by atoms with Crippen molar-refractivity contribution in [2.45, 2.75) is 24.7 Å². The minimum absolute atomic E-state index is 0.171. The van der Waals surface area contributed by atoms with Crippen molar-refractivity contribution >= 4 is 27.8 Å². The van der Waals surface area contributed by atoms with Crippen LogP contribution >= 0.6 is 0 Å². The molecule has 0 saturated heterocycles. The van der Waals surface area contributed by atoms with Crippen molar-refractivity contribution in [3.05, 3.63) is 270 Å². The van der Waals surface area contributed by atoms with E-state index in [0.29, 0.717) is 0 Å². The van der Waals surface area contributed by atoms with Gasteiger partial charge in [0.1, 0.15) is 0 Å². The van der Waals surface area contributed by atoms with E-state index in [-0.39, 0.29) is 5.41 Å². The van der Waals surface area contributed by atoms with Crippen molar-refractivity contribution in [2.75, 3.05) is 4.90 Å². The first-order valence-electron chi connectivity index (χ1n) is 22.1. The number of hydrogen-bond acceptors (Lipinski definition) is 1. The maximum Gasteiger partial charge on any atom is 0.0714 e. The molecule has 298 valence electrons. The minimum Gasteiger partial charge on any atom is -0.309 e. The highest BCUT2D eigenvalue weighted by Crippen LogP contribution is 2.59. The summed E-state index contributed by atoms with van der Waals surface area (Å²) in [5.74, 6) is 0. The normalized spacial score (nSPS) is 13.8. The number of fused-ring (bicyclic) bond motifs is 7. The van der Waals surface area contributed by atoms with E-state index < -0.39 is 5.41 Å². The SMILES string of the molecule is CC1(C)c2ccccc2-c2c(N(c3ccc4c(c3)C(c3ccccc3)(c3ccccc3)c3ccccc3-4)c3cccc(-c4cccc5ccccc45)c3-c3ccccc3)cccc21. The number of nitrogens with zero attached hydrogens (tertiary/aromatic N) is 1. The zero-order valence-corrected chi connectivity index (χ0v) is 35.5. The molecule has 63 heavy (non-hydrogen) atoms. The molecule has 10 aromatic rings. The third-order valence-corrected chi connectivity index (χ3v) is 14.0. The van der Waals surface area contributed by atoms with E-state index in [1.807, 2.05) is 0 Å². The van der Waals surface area contributed by atoms with Crippen LogP contribution < -0.4 is 4.90 Å². The fraction of sp³-hybridized carbons (Fsp3) is 0.0645. The summed E-state index contributed by atoms with van der Waals surface area (Å²) in [6.07, 6.45) is 0. The topological polar surface area (TPSA) is 3.24 Å². The molecule has 0 aromatic heterocycles. The summed E-state index contributed by atoms with van der Waals surface area (Å²) in [4.78, 5) is 2.58. The summed E-state index contributed by atoms with van der Waals surface area (Å²) < 4.78 is 0. The molecule has 0 radical (unpaired) electrons. The lowest BCUT2D eigenvalue weighted by Gasteiger charge is -2.35. The van der Waals surface area contributed by atoms with Crippen molar-refractivity contribution in [3.8, 4) is 44.5 Å². The van der Waals surface area contributed by atoms with Gasteiger partial charge in [0.25, 0.3) is 0 Å². The van der Waals surface area contributed by atoms with Gasteiger partial charge in [0.15, 0.2) is 0 Å². The third kappa shape index (κ3) is 5.49. The highest BCUT2D eigenvalue weighted by atomic mass is 15.1. The van der Waals surface area contributed by atoms with E-state index >= 15 is 0 Å². The van der Waals surface area contributed by atoms with Crippen LogP contribution in [-0.2, 0) is 10.8 Å². The van der Waals surface area contributed by atoms with Crippen molar-refractivity contribution in [3.63, 3.8) is 0 Å². The Kier molecular flexibility index (Phi) is 8.49. The smallest absolute Gasteiger partial charge is 0.0714 e. The summed E-state index contributed by atoms with van der Waals surface area (Å²) >= 11 is 0. The van der Waals surface area contributed by atoms with E-state index in [9.17, 15) is 0 Å². The van der Waals surface area contributed by atoms with Crippen LogP contribution in [0.5, 0.6) is 0 Å². The van der Waals surface area contributed by atoms with Crippen molar-refractivity contribution in [1.29, 1.82) is 0 Å². The van der Waals surface area contributed by atoms with E-state index in [0.717, 1.165) is 11.4 Å².